The van der Waals surface area contributed by atoms with Crippen LogP contribution in [0.1, 0.15) is 50.5 Å². The summed E-state index contributed by atoms with van der Waals surface area (Å²) < 4.78 is 22.6. The Morgan fingerprint density at radius 3 is 2.79 bits per heavy atom. The van der Waals surface area contributed by atoms with Crippen molar-refractivity contribution in [3.63, 3.8) is 0 Å². The molecule has 0 aliphatic carbocycles. The Labute approximate surface area is 141 Å². The average Bonchev–Trinajstić information content (AvgIpc) is 3.26. The van der Waals surface area contributed by atoms with Crippen LogP contribution in [0.5, 0.6) is 11.5 Å². The first-order chi connectivity index (χ1) is 11.5. The van der Waals surface area contributed by atoms with Gasteiger partial charge in [0.05, 0.1) is 18.4 Å². The van der Waals surface area contributed by atoms with Gasteiger partial charge in [-0.2, -0.15) is 0 Å². The third-order valence-corrected chi connectivity index (χ3v) is 4.54. The Kier molecular flexibility index (Phi) is 3.72. The molecule has 0 bridgehead atoms. The van der Waals surface area contributed by atoms with Crippen molar-refractivity contribution < 1.29 is 18.6 Å². The van der Waals surface area contributed by atoms with E-state index in [0.717, 1.165) is 30.1 Å². The zero-order valence-corrected chi connectivity index (χ0v) is 14.2. The standard InChI is InChI=1S/C18H22N2O4/c1-18(2,3)16-12(6-7-21-16)17-20-19-15(24-17)9-11-4-5-13-14(8-11)23-10-22-13/h4-5,8,12,16H,6-7,9-10H2,1-3H3/t12-,16-/m0/s1. The van der Waals surface area contributed by atoms with Crippen molar-refractivity contribution in [1.82, 2.24) is 10.2 Å². The first-order valence-corrected chi connectivity index (χ1v) is 8.33. The third kappa shape index (κ3) is 2.86. The monoisotopic (exact) mass is 330 g/mol. The van der Waals surface area contributed by atoms with Gasteiger partial charge in [-0.3, -0.25) is 0 Å². The molecule has 6 heteroatoms. The summed E-state index contributed by atoms with van der Waals surface area (Å²) in [5.74, 6) is 3.01. The van der Waals surface area contributed by atoms with E-state index in [1.54, 1.807) is 0 Å². The molecule has 1 fully saturated rings. The number of fused-ring (bicyclic) bond motifs is 1. The van der Waals surface area contributed by atoms with E-state index in [1.165, 1.54) is 0 Å². The molecule has 0 amide bonds. The van der Waals surface area contributed by atoms with E-state index in [2.05, 4.69) is 31.0 Å². The van der Waals surface area contributed by atoms with Gasteiger partial charge in [-0.25, -0.2) is 0 Å². The fraction of sp³-hybridized carbons (Fsp3) is 0.556. The minimum absolute atomic E-state index is 0.0487. The van der Waals surface area contributed by atoms with Crippen molar-refractivity contribution in [2.24, 2.45) is 5.41 Å². The SMILES string of the molecule is CC(C)(C)[C@H]1OCC[C@@H]1c1nnc(Cc2ccc3c(c2)OCO3)o1. The first-order valence-electron chi connectivity index (χ1n) is 8.33. The zero-order valence-electron chi connectivity index (χ0n) is 14.2. The second kappa shape index (κ2) is 5.77. The minimum atomic E-state index is 0.0487. The second-order valence-corrected chi connectivity index (χ2v) is 7.45. The summed E-state index contributed by atoms with van der Waals surface area (Å²) in [6, 6.07) is 5.87. The van der Waals surface area contributed by atoms with Gasteiger partial charge in [0.15, 0.2) is 11.5 Å². The van der Waals surface area contributed by atoms with Crippen LogP contribution in [-0.2, 0) is 11.2 Å². The minimum Gasteiger partial charge on any atom is -0.454 e. The normalized spacial score (nSPS) is 23.0. The molecular weight excluding hydrogens is 308 g/mol. The van der Waals surface area contributed by atoms with E-state index in [4.69, 9.17) is 18.6 Å². The van der Waals surface area contributed by atoms with E-state index < -0.39 is 0 Å². The van der Waals surface area contributed by atoms with E-state index in [9.17, 15) is 0 Å². The van der Waals surface area contributed by atoms with Crippen LogP contribution in [0, 0.1) is 5.41 Å². The Bertz CT molecular complexity index is 735. The number of hydrogen-bond acceptors (Lipinski definition) is 6. The molecule has 2 aliphatic rings. The topological polar surface area (TPSA) is 66.6 Å². The van der Waals surface area contributed by atoms with Gasteiger partial charge in [0.25, 0.3) is 0 Å². The second-order valence-electron chi connectivity index (χ2n) is 7.45. The summed E-state index contributed by atoms with van der Waals surface area (Å²) in [7, 11) is 0. The number of benzene rings is 1. The predicted octanol–water partition coefficient (Wildman–Crippen LogP) is 3.31. The summed E-state index contributed by atoms with van der Waals surface area (Å²) in [6.07, 6.45) is 1.61. The molecule has 0 radical (unpaired) electrons. The van der Waals surface area contributed by atoms with Crippen molar-refractivity contribution in [3.05, 3.63) is 35.5 Å². The van der Waals surface area contributed by atoms with Gasteiger partial charge in [-0.15, -0.1) is 10.2 Å². The zero-order chi connectivity index (χ0) is 16.7. The molecule has 24 heavy (non-hydrogen) atoms. The summed E-state index contributed by atoms with van der Waals surface area (Å²) in [5, 5.41) is 8.50. The van der Waals surface area contributed by atoms with Crippen molar-refractivity contribution in [2.75, 3.05) is 13.4 Å². The van der Waals surface area contributed by atoms with Crippen LogP contribution in [0.15, 0.2) is 22.6 Å². The highest BCUT2D eigenvalue weighted by molar-refractivity contribution is 5.44. The lowest BCUT2D eigenvalue weighted by Crippen LogP contribution is -2.30. The molecule has 0 saturated carbocycles. The van der Waals surface area contributed by atoms with E-state index in [-0.39, 0.29) is 24.2 Å². The van der Waals surface area contributed by atoms with E-state index in [0.29, 0.717) is 18.2 Å². The number of nitrogens with zero attached hydrogens (tertiary/aromatic N) is 2. The van der Waals surface area contributed by atoms with Crippen molar-refractivity contribution in [3.8, 4) is 11.5 Å². The van der Waals surface area contributed by atoms with Crippen molar-refractivity contribution in [2.45, 2.75) is 45.6 Å². The lowest BCUT2D eigenvalue weighted by molar-refractivity contribution is 0.0170. The molecular formula is C18H22N2O4. The first kappa shape index (κ1) is 15.4. The quantitative estimate of drug-likeness (QED) is 0.860. The molecule has 2 atom stereocenters. The molecule has 3 heterocycles. The summed E-state index contributed by atoms with van der Waals surface area (Å²) in [4.78, 5) is 0. The van der Waals surface area contributed by atoms with Crippen molar-refractivity contribution >= 4 is 0 Å². The third-order valence-electron chi connectivity index (χ3n) is 4.54. The van der Waals surface area contributed by atoms with Crippen LogP contribution in [0.3, 0.4) is 0 Å². The lowest BCUT2D eigenvalue weighted by atomic mass is 9.81. The Hall–Kier alpha value is -2.08. The van der Waals surface area contributed by atoms with Gasteiger partial charge in [0.1, 0.15) is 0 Å². The van der Waals surface area contributed by atoms with Gasteiger partial charge >= 0.3 is 0 Å². The maximum absolute atomic E-state index is 5.94. The number of aromatic nitrogens is 2. The number of hydrogen-bond donors (Lipinski definition) is 0. The fourth-order valence-corrected chi connectivity index (χ4v) is 3.41. The highest BCUT2D eigenvalue weighted by Gasteiger charge is 2.41. The highest BCUT2D eigenvalue weighted by atomic mass is 16.7. The highest BCUT2D eigenvalue weighted by Crippen LogP contribution is 2.40. The van der Waals surface area contributed by atoms with Gasteiger partial charge in [-0.1, -0.05) is 26.8 Å². The number of rotatable bonds is 3. The molecule has 1 saturated heterocycles. The van der Waals surface area contributed by atoms with Gasteiger partial charge < -0.3 is 18.6 Å². The van der Waals surface area contributed by atoms with Crippen LogP contribution < -0.4 is 9.47 Å². The molecule has 128 valence electrons. The van der Waals surface area contributed by atoms with Crippen LogP contribution in [0.2, 0.25) is 0 Å². The molecule has 0 spiro atoms. The van der Waals surface area contributed by atoms with Crippen LogP contribution in [-0.4, -0.2) is 29.7 Å². The predicted molar refractivity (Wildman–Crippen MR) is 86.2 cm³/mol. The summed E-state index contributed by atoms with van der Waals surface area (Å²) in [6.45, 7) is 7.56. The fourth-order valence-electron chi connectivity index (χ4n) is 3.41. The molecule has 0 unspecified atom stereocenters. The van der Waals surface area contributed by atoms with Gasteiger partial charge in [-0.05, 0) is 29.5 Å². The molecule has 1 aromatic carbocycles. The Morgan fingerprint density at radius 2 is 1.96 bits per heavy atom. The molecule has 2 aromatic rings. The van der Waals surface area contributed by atoms with E-state index >= 15 is 0 Å². The van der Waals surface area contributed by atoms with Crippen LogP contribution in [0.4, 0.5) is 0 Å². The van der Waals surface area contributed by atoms with Crippen molar-refractivity contribution in [1.29, 1.82) is 0 Å². The van der Waals surface area contributed by atoms with Gasteiger partial charge in [0, 0.05) is 6.61 Å². The van der Waals surface area contributed by atoms with Gasteiger partial charge in [0.2, 0.25) is 18.6 Å². The van der Waals surface area contributed by atoms with Crippen LogP contribution in [0.25, 0.3) is 0 Å². The van der Waals surface area contributed by atoms with Crippen LogP contribution >= 0.6 is 0 Å². The largest absolute Gasteiger partial charge is 0.454 e. The van der Waals surface area contributed by atoms with E-state index in [1.807, 2.05) is 18.2 Å². The maximum atomic E-state index is 5.94. The molecule has 6 nitrogen and oxygen atoms in total. The maximum Gasteiger partial charge on any atom is 0.231 e. The molecule has 4 rings (SSSR count). The Balaban J connectivity index is 1.51. The molecule has 0 N–H and O–H groups in total. The Morgan fingerprint density at radius 1 is 1.12 bits per heavy atom. The average molecular weight is 330 g/mol. The smallest absolute Gasteiger partial charge is 0.231 e. The number of ether oxygens (including phenoxy) is 3. The molecule has 2 aliphatic heterocycles. The lowest BCUT2D eigenvalue weighted by Gasteiger charge is -2.29. The summed E-state index contributed by atoms with van der Waals surface area (Å²) >= 11 is 0. The molecule has 1 aromatic heterocycles. The summed E-state index contributed by atoms with van der Waals surface area (Å²) in [5.41, 5.74) is 1.11.